The van der Waals surface area contributed by atoms with Gasteiger partial charge in [0.25, 0.3) is 0 Å². The van der Waals surface area contributed by atoms with Crippen molar-refractivity contribution in [3.8, 4) is 0 Å². The highest BCUT2D eigenvalue weighted by Gasteiger charge is 2.29. The molecule has 9 nitrogen and oxygen atoms in total. The van der Waals surface area contributed by atoms with Gasteiger partial charge in [0.1, 0.15) is 6.04 Å². The van der Waals surface area contributed by atoms with Gasteiger partial charge in [-0.3, -0.25) is 14.4 Å². The molecule has 2 unspecified atom stereocenters. The first-order valence-corrected chi connectivity index (χ1v) is 13.8. The van der Waals surface area contributed by atoms with Crippen molar-refractivity contribution in [3.63, 3.8) is 0 Å². The molecular weight excluding hydrogens is 498 g/mol. The Bertz CT molecular complexity index is 1070. The Kier molecular flexibility index (Phi) is 13.4. The molecule has 2 aromatic rings. The maximum absolute atomic E-state index is 13.6. The second kappa shape index (κ2) is 16.2. The van der Waals surface area contributed by atoms with E-state index in [-0.39, 0.29) is 43.7 Å². The second-order valence-electron chi connectivity index (χ2n) is 11.1. The summed E-state index contributed by atoms with van der Waals surface area (Å²) in [6.07, 6.45) is 0.0204. The molecule has 0 aliphatic carbocycles. The molecular formula is C30H45N3O6. The Hall–Kier alpha value is -3.01. The quantitative estimate of drug-likeness (QED) is 0.191. The molecule has 2 rings (SSSR count). The zero-order valence-electron chi connectivity index (χ0n) is 23.5. The number of benzene rings is 2. The van der Waals surface area contributed by atoms with Crippen LogP contribution in [0.4, 0.5) is 0 Å². The molecule has 216 valence electrons. The van der Waals surface area contributed by atoms with Crippen molar-refractivity contribution in [2.24, 2.45) is 17.8 Å². The molecule has 0 spiro atoms. The zero-order chi connectivity index (χ0) is 28.9. The van der Waals surface area contributed by atoms with Gasteiger partial charge in [0.05, 0.1) is 31.3 Å². The topological polar surface area (TPSA) is 148 Å². The standard InChI is InChI=1S/C30H45N3O6/c1-19(2)12-24(17-34)32-30(39)27(13-20(3)4)33-29(38)23(15-28(37)31-16-25(36)18-35)14-22-10-7-9-21-8-5-6-11-26(21)22/h5-11,19-20,23-25,27,34-36H,12-18H2,1-4H3,(H,31,37)(H,32,39)(H,33,38)/t23?,24-,25?,27+/m0/s1. The number of carbonyl (C=O) groups excluding carboxylic acids is 3. The van der Waals surface area contributed by atoms with Crippen molar-refractivity contribution in [1.29, 1.82) is 0 Å². The highest BCUT2D eigenvalue weighted by Crippen LogP contribution is 2.23. The van der Waals surface area contributed by atoms with Gasteiger partial charge in [-0.05, 0) is 47.4 Å². The minimum Gasteiger partial charge on any atom is -0.394 e. The van der Waals surface area contributed by atoms with E-state index in [0.29, 0.717) is 12.8 Å². The van der Waals surface area contributed by atoms with E-state index in [2.05, 4.69) is 16.0 Å². The summed E-state index contributed by atoms with van der Waals surface area (Å²) in [6, 6.07) is 12.4. The maximum Gasteiger partial charge on any atom is 0.242 e. The first-order valence-electron chi connectivity index (χ1n) is 13.8. The highest BCUT2D eigenvalue weighted by molar-refractivity contribution is 5.92. The van der Waals surface area contributed by atoms with E-state index in [4.69, 9.17) is 5.11 Å². The Morgan fingerprint density at radius 2 is 1.49 bits per heavy atom. The van der Waals surface area contributed by atoms with E-state index in [1.807, 2.05) is 70.2 Å². The van der Waals surface area contributed by atoms with Crippen LogP contribution in [0.1, 0.15) is 52.5 Å². The molecule has 6 N–H and O–H groups in total. The molecule has 0 aliphatic rings. The Labute approximate surface area is 231 Å². The highest BCUT2D eigenvalue weighted by atomic mass is 16.3. The van der Waals surface area contributed by atoms with Crippen LogP contribution in [-0.4, -0.2) is 71.0 Å². The number of aliphatic hydroxyl groups is 3. The number of fused-ring (bicyclic) bond motifs is 1. The van der Waals surface area contributed by atoms with Gasteiger partial charge >= 0.3 is 0 Å². The summed E-state index contributed by atoms with van der Waals surface area (Å²) in [5.74, 6) is -1.63. The summed E-state index contributed by atoms with van der Waals surface area (Å²) >= 11 is 0. The fourth-order valence-corrected chi connectivity index (χ4v) is 4.63. The third kappa shape index (κ3) is 10.9. The van der Waals surface area contributed by atoms with Crippen LogP contribution in [0, 0.1) is 17.8 Å². The van der Waals surface area contributed by atoms with Gasteiger partial charge in [-0.15, -0.1) is 0 Å². The summed E-state index contributed by atoms with van der Waals surface area (Å²) in [4.78, 5) is 39.5. The Balaban J connectivity index is 2.28. The molecule has 0 fully saturated rings. The predicted octanol–water partition coefficient (Wildman–Crippen LogP) is 1.91. The lowest BCUT2D eigenvalue weighted by Crippen LogP contribution is -2.52. The molecule has 0 aromatic heterocycles. The number of nitrogens with one attached hydrogen (secondary N) is 3. The normalized spacial score (nSPS) is 14.6. The summed E-state index contributed by atoms with van der Waals surface area (Å²) in [7, 11) is 0. The van der Waals surface area contributed by atoms with Gasteiger partial charge in [-0.1, -0.05) is 70.2 Å². The molecule has 0 saturated carbocycles. The minimum atomic E-state index is -1.09. The largest absolute Gasteiger partial charge is 0.394 e. The Morgan fingerprint density at radius 3 is 2.13 bits per heavy atom. The van der Waals surface area contributed by atoms with E-state index in [9.17, 15) is 24.6 Å². The van der Waals surface area contributed by atoms with Gasteiger partial charge in [-0.2, -0.15) is 0 Å². The molecule has 0 bridgehead atoms. The van der Waals surface area contributed by atoms with Crippen molar-refractivity contribution >= 4 is 28.5 Å². The monoisotopic (exact) mass is 543 g/mol. The third-order valence-electron chi connectivity index (χ3n) is 6.56. The number of aliphatic hydroxyl groups excluding tert-OH is 3. The summed E-state index contributed by atoms with van der Waals surface area (Å²) < 4.78 is 0. The fraction of sp³-hybridized carbons (Fsp3) is 0.567. The molecule has 0 aliphatic heterocycles. The Morgan fingerprint density at radius 1 is 0.821 bits per heavy atom. The van der Waals surface area contributed by atoms with Crippen LogP contribution in [0.15, 0.2) is 42.5 Å². The number of amides is 3. The fourth-order valence-electron chi connectivity index (χ4n) is 4.63. The number of hydrogen-bond donors (Lipinski definition) is 6. The molecule has 0 saturated heterocycles. The smallest absolute Gasteiger partial charge is 0.242 e. The minimum absolute atomic E-state index is 0.110. The second-order valence-corrected chi connectivity index (χ2v) is 11.1. The third-order valence-corrected chi connectivity index (χ3v) is 6.56. The number of carbonyl (C=O) groups is 3. The zero-order valence-corrected chi connectivity index (χ0v) is 23.5. The summed E-state index contributed by atoms with van der Waals surface area (Å²) in [5.41, 5.74) is 0.901. The molecule has 9 heteroatoms. The van der Waals surface area contributed by atoms with E-state index in [0.717, 1.165) is 16.3 Å². The average molecular weight is 544 g/mol. The van der Waals surface area contributed by atoms with Gasteiger partial charge in [-0.25, -0.2) is 0 Å². The van der Waals surface area contributed by atoms with Crippen molar-refractivity contribution in [2.45, 2.75) is 71.6 Å². The van der Waals surface area contributed by atoms with Crippen LogP contribution >= 0.6 is 0 Å². The summed E-state index contributed by atoms with van der Waals surface area (Å²) in [5, 5.41) is 38.7. The SMILES string of the molecule is CC(C)C[C@@H](CO)NC(=O)[C@@H](CC(C)C)NC(=O)C(CC(=O)NCC(O)CO)Cc1cccc2ccccc12. The molecule has 2 aromatic carbocycles. The molecule has 39 heavy (non-hydrogen) atoms. The molecule has 0 heterocycles. The van der Waals surface area contributed by atoms with E-state index >= 15 is 0 Å². The van der Waals surface area contributed by atoms with Crippen molar-refractivity contribution in [2.75, 3.05) is 19.8 Å². The molecule has 3 amide bonds. The van der Waals surface area contributed by atoms with Crippen LogP contribution in [0.25, 0.3) is 10.8 Å². The van der Waals surface area contributed by atoms with E-state index in [1.54, 1.807) is 0 Å². The van der Waals surface area contributed by atoms with Crippen LogP contribution in [0.3, 0.4) is 0 Å². The lowest BCUT2D eigenvalue weighted by Gasteiger charge is -2.26. The molecule has 4 atom stereocenters. The lowest BCUT2D eigenvalue weighted by atomic mass is 9.91. The van der Waals surface area contributed by atoms with Crippen LogP contribution in [0.5, 0.6) is 0 Å². The van der Waals surface area contributed by atoms with Gasteiger partial charge in [0, 0.05) is 13.0 Å². The van der Waals surface area contributed by atoms with Gasteiger partial charge < -0.3 is 31.3 Å². The van der Waals surface area contributed by atoms with Gasteiger partial charge in [0.15, 0.2) is 0 Å². The predicted molar refractivity (Wildman–Crippen MR) is 152 cm³/mol. The van der Waals surface area contributed by atoms with Crippen molar-refractivity contribution in [1.82, 2.24) is 16.0 Å². The first kappa shape index (κ1) is 32.2. The van der Waals surface area contributed by atoms with Crippen molar-refractivity contribution < 1.29 is 29.7 Å². The van der Waals surface area contributed by atoms with Gasteiger partial charge in [0.2, 0.25) is 17.7 Å². The van der Waals surface area contributed by atoms with Crippen molar-refractivity contribution in [3.05, 3.63) is 48.0 Å². The van der Waals surface area contributed by atoms with Crippen LogP contribution in [0.2, 0.25) is 0 Å². The number of hydrogen-bond acceptors (Lipinski definition) is 6. The number of rotatable bonds is 16. The maximum atomic E-state index is 13.6. The van der Waals surface area contributed by atoms with Crippen LogP contribution in [-0.2, 0) is 20.8 Å². The van der Waals surface area contributed by atoms with E-state index < -0.39 is 42.5 Å². The first-order chi connectivity index (χ1) is 18.5. The summed E-state index contributed by atoms with van der Waals surface area (Å²) in [6.45, 7) is 7.10. The molecule has 0 radical (unpaired) electrons. The van der Waals surface area contributed by atoms with Crippen LogP contribution < -0.4 is 16.0 Å². The lowest BCUT2D eigenvalue weighted by molar-refractivity contribution is -0.134. The average Bonchev–Trinajstić information content (AvgIpc) is 2.90. The van der Waals surface area contributed by atoms with E-state index in [1.165, 1.54) is 0 Å².